The molecule has 0 unspecified atom stereocenters. The number of hydrogen-bond acceptors (Lipinski definition) is 5. The smallest absolute Gasteiger partial charge is 0.265 e. The van der Waals surface area contributed by atoms with Crippen molar-refractivity contribution in [2.75, 3.05) is 24.1 Å². The van der Waals surface area contributed by atoms with Gasteiger partial charge in [-0.15, -0.1) is 0 Å². The lowest BCUT2D eigenvalue weighted by Gasteiger charge is -2.17. The van der Waals surface area contributed by atoms with E-state index in [2.05, 4.69) is 50.2 Å². The zero-order valence-corrected chi connectivity index (χ0v) is 13.9. The third-order valence-electron chi connectivity index (χ3n) is 2.68. The Hall–Kier alpha value is -1.30. The fraction of sp³-hybridized carbons (Fsp3) is 0.714. The zero-order valence-electron chi connectivity index (χ0n) is 13.0. The van der Waals surface area contributed by atoms with E-state index in [1.807, 2.05) is 0 Å². The molecule has 0 radical (unpaired) electrons. The van der Waals surface area contributed by atoms with E-state index < -0.39 is 0 Å². The number of nitrogen functional groups attached to an aromatic ring is 1. The number of rotatable bonds is 6. The first-order valence-electron chi connectivity index (χ1n) is 6.97. The second kappa shape index (κ2) is 6.92. The highest BCUT2D eigenvalue weighted by Crippen LogP contribution is 2.25. The summed E-state index contributed by atoms with van der Waals surface area (Å²) in [5, 5.41) is 6.79. The van der Waals surface area contributed by atoms with E-state index >= 15 is 0 Å². The lowest BCUT2D eigenvalue weighted by Crippen LogP contribution is -2.27. The summed E-state index contributed by atoms with van der Waals surface area (Å²) in [6.45, 7) is 12.1. The quantitative estimate of drug-likeness (QED) is 0.754. The number of amides is 1. The average Bonchev–Trinajstić information content (AvgIpc) is 2.66. The molecular weight excluding hydrogens is 272 g/mol. The minimum Gasteiger partial charge on any atom is -0.382 e. The minimum atomic E-state index is -0.137. The van der Waals surface area contributed by atoms with Crippen molar-refractivity contribution in [2.24, 2.45) is 11.3 Å². The summed E-state index contributed by atoms with van der Waals surface area (Å²) in [5.74, 6) is 0.681. The van der Waals surface area contributed by atoms with Crippen molar-refractivity contribution < 1.29 is 4.79 Å². The van der Waals surface area contributed by atoms with E-state index in [1.54, 1.807) is 0 Å². The largest absolute Gasteiger partial charge is 0.382 e. The lowest BCUT2D eigenvalue weighted by molar-refractivity contribution is 0.0954. The molecule has 0 aromatic carbocycles. The summed E-state index contributed by atoms with van der Waals surface area (Å²) < 4.78 is 0. The van der Waals surface area contributed by atoms with E-state index in [9.17, 15) is 4.79 Å². The van der Waals surface area contributed by atoms with Crippen LogP contribution in [0, 0.1) is 11.3 Å². The molecule has 0 fully saturated rings. The Bertz CT molecular complexity index is 449. The molecule has 1 aromatic heterocycles. The monoisotopic (exact) mass is 298 g/mol. The molecule has 1 rings (SSSR count). The predicted octanol–water partition coefficient (Wildman–Crippen LogP) is 2.96. The number of carbonyl (C=O) groups is 1. The Labute approximate surface area is 125 Å². The molecule has 5 nitrogen and oxygen atoms in total. The summed E-state index contributed by atoms with van der Waals surface area (Å²) in [6.07, 6.45) is 0.926. The Morgan fingerprint density at radius 2 is 2.05 bits per heavy atom. The molecule has 114 valence electrons. The van der Waals surface area contributed by atoms with Crippen molar-refractivity contribution in [3.8, 4) is 0 Å². The van der Waals surface area contributed by atoms with Crippen LogP contribution in [-0.4, -0.2) is 24.0 Å². The molecule has 0 spiro atoms. The van der Waals surface area contributed by atoms with Crippen LogP contribution in [0.15, 0.2) is 0 Å². The molecule has 0 saturated heterocycles. The van der Waals surface area contributed by atoms with Crippen LogP contribution in [-0.2, 0) is 0 Å². The third kappa shape index (κ3) is 5.77. The number of aromatic nitrogens is 1. The number of nitrogens with zero attached hydrogens (tertiary/aromatic N) is 1. The van der Waals surface area contributed by atoms with E-state index in [1.165, 1.54) is 11.3 Å². The van der Waals surface area contributed by atoms with Crippen LogP contribution in [0.25, 0.3) is 0 Å². The van der Waals surface area contributed by atoms with E-state index in [-0.39, 0.29) is 11.3 Å². The van der Waals surface area contributed by atoms with Crippen LogP contribution in [0.2, 0.25) is 0 Å². The first kappa shape index (κ1) is 16.8. The van der Waals surface area contributed by atoms with Gasteiger partial charge in [-0.1, -0.05) is 46.0 Å². The van der Waals surface area contributed by atoms with Crippen molar-refractivity contribution in [1.82, 2.24) is 10.3 Å². The van der Waals surface area contributed by atoms with Gasteiger partial charge < -0.3 is 16.4 Å². The van der Waals surface area contributed by atoms with Crippen molar-refractivity contribution >= 4 is 28.2 Å². The SMILES string of the molecule is CC(C)CNc1nc(N)c(C(=O)NCCC(C)(C)C)s1. The number of carbonyl (C=O) groups excluding carboxylic acids is 1. The Morgan fingerprint density at radius 3 is 2.60 bits per heavy atom. The molecule has 0 saturated carbocycles. The molecular formula is C14H26N4OS. The Balaban J connectivity index is 2.55. The second-order valence-electron chi connectivity index (χ2n) is 6.57. The van der Waals surface area contributed by atoms with Gasteiger partial charge in [0.15, 0.2) is 5.13 Å². The summed E-state index contributed by atoms with van der Waals surface area (Å²) in [4.78, 5) is 16.7. The van der Waals surface area contributed by atoms with Crippen molar-refractivity contribution in [3.63, 3.8) is 0 Å². The molecule has 1 aromatic rings. The average molecular weight is 298 g/mol. The van der Waals surface area contributed by atoms with Crippen LogP contribution in [0.4, 0.5) is 10.9 Å². The molecule has 4 N–H and O–H groups in total. The molecule has 0 aliphatic heterocycles. The van der Waals surface area contributed by atoms with Gasteiger partial charge in [0.2, 0.25) is 0 Å². The standard InChI is InChI=1S/C14H26N4OS/c1-9(2)8-17-13-18-11(15)10(20-13)12(19)16-7-6-14(3,4)5/h9H,6-8,15H2,1-5H3,(H,16,19)(H,17,18). The van der Waals surface area contributed by atoms with Gasteiger partial charge in [-0.2, -0.15) is 0 Å². The second-order valence-corrected chi connectivity index (χ2v) is 7.57. The van der Waals surface area contributed by atoms with E-state index in [0.717, 1.165) is 13.0 Å². The summed E-state index contributed by atoms with van der Waals surface area (Å²) >= 11 is 1.31. The summed E-state index contributed by atoms with van der Waals surface area (Å²) in [7, 11) is 0. The molecule has 0 aliphatic rings. The topological polar surface area (TPSA) is 80.0 Å². The molecule has 0 atom stereocenters. The Kier molecular flexibility index (Phi) is 5.80. The number of nitrogens with one attached hydrogen (secondary N) is 2. The number of nitrogens with two attached hydrogens (primary N) is 1. The van der Waals surface area contributed by atoms with Crippen LogP contribution in [0.3, 0.4) is 0 Å². The van der Waals surface area contributed by atoms with Gasteiger partial charge in [-0.25, -0.2) is 4.98 Å². The minimum absolute atomic E-state index is 0.137. The summed E-state index contributed by atoms with van der Waals surface area (Å²) in [6, 6.07) is 0. The van der Waals surface area contributed by atoms with Gasteiger partial charge >= 0.3 is 0 Å². The molecule has 0 aliphatic carbocycles. The van der Waals surface area contributed by atoms with Crippen molar-refractivity contribution in [2.45, 2.75) is 41.0 Å². The number of anilines is 2. The molecule has 1 heterocycles. The molecule has 1 amide bonds. The molecule has 0 bridgehead atoms. The highest BCUT2D eigenvalue weighted by Gasteiger charge is 2.17. The van der Waals surface area contributed by atoms with E-state index in [0.29, 0.717) is 28.3 Å². The van der Waals surface area contributed by atoms with Crippen LogP contribution < -0.4 is 16.4 Å². The fourth-order valence-electron chi connectivity index (χ4n) is 1.49. The van der Waals surface area contributed by atoms with Crippen LogP contribution >= 0.6 is 11.3 Å². The highest BCUT2D eigenvalue weighted by atomic mass is 32.1. The van der Waals surface area contributed by atoms with Crippen LogP contribution in [0.5, 0.6) is 0 Å². The predicted molar refractivity (Wildman–Crippen MR) is 86.3 cm³/mol. The maximum Gasteiger partial charge on any atom is 0.265 e. The van der Waals surface area contributed by atoms with Gasteiger partial charge in [-0.3, -0.25) is 4.79 Å². The van der Waals surface area contributed by atoms with Gasteiger partial charge in [0.05, 0.1) is 0 Å². The number of hydrogen-bond donors (Lipinski definition) is 3. The maximum atomic E-state index is 12.1. The van der Waals surface area contributed by atoms with Gasteiger partial charge in [-0.05, 0) is 17.8 Å². The fourth-order valence-corrected chi connectivity index (χ4v) is 2.30. The first-order valence-corrected chi connectivity index (χ1v) is 7.79. The third-order valence-corrected chi connectivity index (χ3v) is 3.71. The highest BCUT2D eigenvalue weighted by molar-refractivity contribution is 7.18. The van der Waals surface area contributed by atoms with Gasteiger partial charge in [0.1, 0.15) is 10.7 Å². The first-order chi connectivity index (χ1) is 9.19. The summed E-state index contributed by atoms with van der Waals surface area (Å²) in [5.41, 5.74) is 6.01. The van der Waals surface area contributed by atoms with E-state index in [4.69, 9.17) is 5.73 Å². The van der Waals surface area contributed by atoms with Gasteiger partial charge in [0.25, 0.3) is 5.91 Å². The zero-order chi connectivity index (χ0) is 15.3. The number of thiazole rings is 1. The van der Waals surface area contributed by atoms with Crippen molar-refractivity contribution in [3.05, 3.63) is 4.88 Å². The molecule has 20 heavy (non-hydrogen) atoms. The van der Waals surface area contributed by atoms with Gasteiger partial charge in [0, 0.05) is 13.1 Å². The molecule has 6 heteroatoms. The Morgan fingerprint density at radius 1 is 1.40 bits per heavy atom. The van der Waals surface area contributed by atoms with Crippen molar-refractivity contribution in [1.29, 1.82) is 0 Å². The normalized spacial score (nSPS) is 11.7. The maximum absolute atomic E-state index is 12.1. The lowest BCUT2D eigenvalue weighted by atomic mass is 9.92. The van der Waals surface area contributed by atoms with Crippen LogP contribution in [0.1, 0.15) is 50.7 Å².